The van der Waals surface area contributed by atoms with Gasteiger partial charge in [-0.1, -0.05) is 340 Å². The van der Waals surface area contributed by atoms with E-state index >= 15 is 0 Å². The van der Waals surface area contributed by atoms with E-state index in [1.54, 1.807) is 0 Å². The summed E-state index contributed by atoms with van der Waals surface area (Å²) >= 11 is 10.8. The van der Waals surface area contributed by atoms with E-state index in [9.17, 15) is 0 Å². The molecular weight excluding hydrogens is 1440 g/mol. The molecule has 500 valence electrons. The highest BCUT2D eigenvalue weighted by Crippen LogP contribution is 2.55. The van der Waals surface area contributed by atoms with Crippen LogP contribution in [-0.4, -0.2) is 0 Å². The number of fused-ring (bicyclic) bond motifs is 14. The largest absolute Gasteiger partial charge is 0.310 e. The average Bonchev–Trinajstić information content (AvgIpc) is 1.62. The zero-order valence-corrected chi connectivity index (χ0v) is 64.1. The second kappa shape index (κ2) is 25.8. The zero-order chi connectivity index (χ0) is 70.7. The van der Waals surface area contributed by atoms with Crippen LogP contribution >= 0.6 is 47.8 Å². The van der Waals surface area contributed by atoms with E-state index in [0.29, 0.717) is 0 Å². The Morgan fingerprint density at radius 3 is 1.13 bits per heavy atom. The summed E-state index contributed by atoms with van der Waals surface area (Å²) in [6.07, 6.45) is 0.973. The van der Waals surface area contributed by atoms with Crippen molar-refractivity contribution in [3.63, 3.8) is 0 Å². The Morgan fingerprint density at radius 1 is 0.243 bits per heavy atom. The van der Waals surface area contributed by atoms with Gasteiger partial charge in [-0.25, -0.2) is 0 Å². The maximum absolute atomic E-state index is 3.69. The van der Waals surface area contributed by atoms with Crippen LogP contribution in [0.5, 0.6) is 0 Å². The molecule has 0 saturated heterocycles. The first kappa shape index (κ1) is 66.3. The summed E-state index contributed by atoms with van der Waals surface area (Å²) in [5.41, 5.74) is 35.7. The molecule has 1 nitrogen and oxygen atoms in total. The van der Waals surface area contributed by atoms with Crippen molar-refractivity contribution < 1.29 is 0 Å². The molecule has 4 heteroatoms. The predicted octanol–water partition coefficient (Wildman–Crippen LogP) is 28.9. The summed E-state index contributed by atoms with van der Waals surface area (Å²) < 4.78 is 3.39. The molecule has 0 heterocycles. The Hall–Kier alpha value is -9.94. The lowest BCUT2D eigenvalue weighted by atomic mass is 9.81. The maximum atomic E-state index is 3.69. The number of rotatable bonds is 8. The Balaban J connectivity index is 0.000000132. The number of anilines is 3. The first-order valence-corrected chi connectivity index (χ1v) is 38.3. The SMILES string of the molecule is CC1(C)c2cc(Br)ccc2-c2ccc(-c3ccc(-c4ccc(N(c5ccc6c(c5)C(C)(C)c5ccccc5-6)c5cccc6ccccc56)cc4)cc3)cc21.CC1(C)c2cc(Br)ccc2-c2ccc(-c3ccc(Br)cc3)cc21.CC1(C)c2ccccc2-c2ccc(Cc3cccc4ccccc34)cc21. The standard InChI is InChI=1S/C52H40BrN.C26H22.C21H16Br2/c1-51(2)46-14-8-7-13-42(46)45-29-26-40(32-49(45)51)54(50-15-9-11-36-10-5-6-12-41(36)50)39-24-20-34(21-25-39)33-16-18-35(19-17-33)37-22-27-43-44-28-23-38(53)31-48(44)52(3,4)47(43)30-37;1-26(2)24-13-6-5-12-22(24)23-15-14-18(17-25(23)26)16-20-10-7-9-19-8-3-4-11-21(19)20;1-21(2)19-11-14(13-3-6-15(22)7-4-13)5-9-17(19)18-10-8-16(23)12-20(18)21/h5-32H,1-4H3;3-15,17H,16H2,1-2H3;3-12H,1-2H3. The lowest BCUT2D eigenvalue weighted by Gasteiger charge is -2.29. The Labute approximate surface area is 632 Å². The molecule has 0 atom stereocenters. The average molecular weight is 1520 g/mol. The number of hydrogen-bond acceptors (Lipinski definition) is 1. The molecule has 0 radical (unpaired) electrons. The van der Waals surface area contributed by atoms with E-state index in [4.69, 9.17) is 0 Å². The number of hydrogen-bond donors (Lipinski definition) is 0. The zero-order valence-electron chi connectivity index (χ0n) is 59.3. The first-order valence-electron chi connectivity index (χ1n) is 35.9. The van der Waals surface area contributed by atoms with Crippen molar-refractivity contribution in [2.24, 2.45) is 0 Å². The van der Waals surface area contributed by atoms with Crippen LogP contribution in [-0.2, 0) is 28.1 Å². The fourth-order valence-corrected chi connectivity index (χ4v) is 18.3. The molecule has 4 aliphatic rings. The highest BCUT2D eigenvalue weighted by Gasteiger charge is 2.40. The second-order valence-electron chi connectivity index (χ2n) is 30.4. The van der Waals surface area contributed by atoms with Crippen molar-refractivity contribution >= 4 is 86.4 Å². The van der Waals surface area contributed by atoms with Crippen LogP contribution < -0.4 is 4.90 Å². The molecule has 15 aromatic rings. The topological polar surface area (TPSA) is 3.24 Å². The van der Waals surface area contributed by atoms with Gasteiger partial charge < -0.3 is 4.90 Å². The highest BCUT2D eigenvalue weighted by molar-refractivity contribution is 9.11. The molecule has 4 aliphatic carbocycles. The van der Waals surface area contributed by atoms with Gasteiger partial charge in [-0.05, 0) is 235 Å². The van der Waals surface area contributed by atoms with E-state index < -0.39 is 0 Å². The van der Waals surface area contributed by atoms with E-state index in [-0.39, 0.29) is 21.7 Å². The van der Waals surface area contributed by atoms with E-state index in [2.05, 4.69) is 424 Å². The van der Waals surface area contributed by atoms with Crippen molar-refractivity contribution in [2.75, 3.05) is 4.90 Å². The molecule has 0 aliphatic heterocycles. The van der Waals surface area contributed by atoms with Crippen molar-refractivity contribution in [3.05, 3.63) is 385 Å². The Morgan fingerprint density at radius 2 is 0.583 bits per heavy atom. The maximum Gasteiger partial charge on any atom is 0.0540 e. The summed E-state index contributed by atoms with van der Waals surface area (Å²) in [6.45, 7) is 18.7. The Kier molecular flexibility index (Phi) is 16.6. The van der Waals surface area contributed by atoms with E-state index in [1.165, 1.54) is 161 Å². The minimum Gasteiger partial charge on any atom is -0.310 e. The highest BCUT2D eigenvalue weighted by atomic mass is 79.9. The van der Waals surface area contributed by atoms with Crippen molar-refractivity contribution in [1.82, 2.24) is 0 Å². The molecule has 0 saturated carbocycles. The summed E-state index contributed by atoms with van der Waals surface area (Å²) in [7, 11) is 0. The van der Waals surface area contributed by atoms with Gasteiger partial charge in [-0.2, -0.15) is 0 Å². The van der Waals surface area contributed by atoms with Crippen LogP contribution in [0, 0.1) is 0 Å². The molecule has 0 aromatic heterocycles. The minimum absolute atomic E-state index is 0.0276. The molecule has 0 bridgehead atoms. The quantitative estimate of drug-likeness (QED) is 0.147. The molecule has 0 unspecified atom stereocenters. The minimum atomic E-state index is -0.0825. The predicted molar refractivity (Wildman–Crippen MR) is 448 cm³/mol. The summed E-state index contributed by atoms with van der Waals surface area (Å²) in [4.78, 5) is 2.43. The van der Waals surface area contributed by atoms with Gasteiger partial charge in [-0.15, -0.1) is 0 Å². The van der Waals surface area contributed by atoms with E-state index in [1.807, 2.05) is 0 Å². The summed E-state index contributed by atoms with van der Waals surface area (Å²) in [5.74, 6) is 0. The van der Waals surface area contributed by atoms with Crippen molar-refractivity contribution in [2.45, 2.75) is 83.5 Å². The molecule has 0 N–H and O–H groups in total. The normalized spacial score (nSPS) is 14.3. The van der Waals surface area contributed by atoms with Gasteiger partial charge in [-0.3, -0.25) is 0 Å². The molecule has 15 aromatic carbocycles. The van der Waals surface area contributed by atoms with Crippen molar-refractivity contribution in [3.8, 4) is 77.9 Å². The second-order valence-corrected chi connectivity index (χ2v) is 33.1. The third kappa shape index (κ3) is 11.6. The first-order chi connectivity index (χ1) is 49.8. The Bertz CT molecular complexity index is 5860. The van der Waals surface area contributed by atoms with Crippen LogP contribution in [0.25, 0.3) is 99.4 Å². The fourth-order valence-electron chi connectivity index (χ4n) is 17.3. The third-order valence-corrected chi connectivity index (χ3v) is 24.4. The van der Waals surface area contributed by atoms with Gasteiger partial charge >= 0.3 is 0 Å². The van der Waals surface area contributed by atoms with Crippen LogP contribution in [0.2, 0.25) is 0 Å². The lowest BCUT2D eigenvalue weighted by Crippen LogP contribution is -2.16. The van der Waals surface area contributed by atoms with Gasteiger partial charge in [0.05, 0.1) is 5.69 Å². The van der Waals surface area contributed by atoms with Gasteiger partial charge in [0.25, 0.3) is 0 Å². The summed E-state index contributed by atoms with van der Waals surface area (Å²) in [5, 5.41) is 5.14. The van der Waals surface area contributed by atoms with Crippen LogP contribution in [0.1, 0.15) is 111 Å². The third-order valence-electron chi connectivity index (χ3n) is 22.9. The molecule has 0 spiro atoms. The smallest absolute Gasteiger partial charge is 0.0540 e. The monoisotopic (exact) mass is 1520 g/mol. The van der Waals surface area contributed by atoms with Gasteiger partial charge in [0.15, 0.2) is 0 Å². The molecule has 0 amide bonds. The van der Waals surface area contributed by atoms with E-state index in [0.717, 1.165) is 31.2 Å². The number of halogens is 3. The van der Waals surface area contributed by atoms with Crippen LogP contribution in [0.3, 0.4) is 0 Å². The van der Waals surface area contributed by atoms with Crippen molar-refractivity contribution in [1.29, 1.82) is 0 Å². The summed E-state index contributed by atoms with van der Waals surface area (Å²) in [6, 6.07) is 116. The molecule has 19 rings (SSSR count). The molecule has 0 fully saturated rings. The van der Waals surface area contributed by atoms with Gasteiger partial charge in [0.2, 0.25) is 0 Å². The fraction of sp³-hybridized carbons (Fsp3) is 0.131. The van der Waals surface area contributed by atoms with Crippen LogP contribution in [0.15, 0.2) is 329 Å². The number of benzene rings is 15. The number of nitrogens with zero attached hydrogens (tertiary/aromatic N) is 1. The lowest BCUT2D eigenvalue weighted by molar-refractivity contribution is 0.659. The van der Waals surface area contributed by atoms with Gasteiger partial charge in [0.1, 0.15) is 0 Å². The van der Waals surface area contributed by atoms with Gasteiger partial charge in [0, 0.05) is 51.8 Å². The molecule has 103 heavy (non-hydrogen) atoms. The molecular formula is C99H78Br3N. The van der Waals surface area contributed by atoms with Crippen LogP contribution in [0.4, 0.5) is 17.1 Å².